The van der Waals surface area contributed by atoms with Crippen LogP contribution in [0, 0.1) is 5.82 Å². The fourth-order valence-corrected chi connectivity index (χ4v) is 2.94. The van der Waals surface area contributed by atoms with Crippen LogP contribution in [0.3, 0.4) is 0 Å². The summed E-state index contributed by atoms with van der Waals surface area (Å²) in [6.07, 6.45) is 7.22. The lowest BCUT2D eigenvalue weighted by Crippen LogP contribution is -1.90. The Morgan fingerprint density at radius 1 is 1.30 bits per heavy atom. The van der Waals surface area contributed by atoms with E-state index in [2.05, 4.69) is 31.1 Å². The first-order chi connectivity index (χ1) is 9.74. The van der Waals surface area contributed by atoms with Crippen LogP contribution >= 0.6 is 15.9 Å². The molecule has 4 rings (SSSR count). The van der Waals surface area contributed by atoms with E-state index in [4.69, 9.17) is 0 Å². The van der Waals surface area contributed by atoms with Gasteiger partial charge in [-0.05, 0) is 28.1 Å². The van der Waals surface area contributed by atoms with Crippen LogP contribution in [0.4, 0.5) is 4.39 Å². The third kappa shape index (κ3) is 1.58. The number of H-pyrrole nitrogens is 1. The predicted molar refractivity (Wildman–Crippen MR) is 77.9 cm³/mol. The molecule has 0 saturated heterocycles. The van der Waals surface area contributed by atoms with Crippen molar-refractivity contribution in [3.63, 3.8) is 0 Å². The molecule has 0 saturated carbocycles. The van der Waals surface area contributed by atoms with Crippen LogP contribution in [-0.2, 0) is 0 Å². The van der Waals surface area contributed by atoms with Gasteiger partial charge < -0.3 is 4.40 Å². The van der Waals surface area contributed by atoms with Gasteiger partial charge >= 0.3 is 0 Å². The number of rotatable bonds is 1. The second-order valence-corrected chi connectivity index (χ2v) is 5.28. The van der Waals surface area contributed by atoms with Crippen LogP contribution in [0.15, 0.2) is 47.5 Å². The zero-order chi connectivity index (χ0) is 13.7. The van der Waals surface area contributed by atoms with E-state index >= 15 is 0 Å². The number of nitrogens with one attached hydrogen (secondary N) is 1. The zero-order valence-electron chi connectivity index (χ0n) is 10.1. The van der Waals surface area contributed by atoms with E-state index in [0.29, 0.717) is 9.99 Å². The van der Waals surface area contributed by atoms with Gasteiger partial charge in [-0.25, -0.2) is 9.37 Å². The number of hydrogen-bond donors (Lipinski definition) is 1. The molecule has 3 heterocycles. The largest absolute Gasteiger partial charge is 0.306 e. The molecule has 1 aromatic carbocycles. The number of imidazole rings is 1. The first-order valence-electron chi connectivity index (χ1n) is 5.98. The van der Waals surface area contributed by atoms with Gasteiger partial charge in [0, 0.05) is 41.2 Å². The Kier molecular flexibility index (Phi) is 2.40. The Hall–Kier alpha value is -2.21. The van der Waals surface area contributed by atoms with Crippen LogP contribution in [0.2, 0.25) is 0 Å². The molecule has 0 atom stereocenters. The number of nitrogens with zero attached hydrogens (tertiary/aromatic N) is 3. The summed E-state index contributed by atoms with van der Waals surface area (Å²) in [5.41, 5.74) is 3.20. The van der Waals surface area contributed by atoms with E-state index in [0.717, 1.165) is 22.2 Å². The number of benzene rings is 1. The predicted octanol–water partition coefficient (Wildman–Crippen LogP) is 3.78. The summed E-state index contributed by atoms with van der Waals surface area (Å²) >= 11 is 3.34. The SMILES string of the molecule is Fc1cc2[nH]ncc2c(-c2ccc3nccn3c2)c1Br. The standard InChI is InChI=1S/C14H8BrFN4/c15-14-10(16)5-11-9(6-18-19-11)13(14)8-1-2-12-17-3-4-20(12)7-8/h1-7H,(H,18,19). The Balaban J connectivity index is 2.09. The van der Waals surface area contributed by atoms with E-state index in [9.17, 15) is 4.39 Å². The van der Waals surface area contributed by atoms with Crippen LogP contribution in [0.25, 0.3) is 27.7 Å². The molecule has 1 N–H and O–H groups in total. The summed E-state index contributed by atoms with van der Waals surface area (Å²) in [5.74, 6) is -0.317. The first kappa shape index (κ1) is 11.6. The number of hydrogen-bond acceptors (Lipinski definition) is 2. The highest BCUT2D eigenvalue weighted by Gasteiger charge is 2.15. The van der Waals surface area contributed by atoms with Crippen molar-refractivity contribution in [3.8, 4) is 11.1 Å². The number of pyridine rings is 1. The quantitative estimate of drug-likeness (QED) is 0.577. The van der Waals surface area contributed by atoms with Crippen molar-refractivity contribution in [1.29, 1.82) is 0 Å². The highest BCUT2D eigenvalue weighted by molar-refractivity contribution is 9.10. The van der Waals surface area contributed by atoms with Crippen molar-refractivity contribution in [3.05, 3.63) is 53.3 Å². The molecule has 4 nitrogen and oxygen atoms in total. The maximum Gasteiger partial charge on any atom is 0.140 e. The Labute approximate surface area is 121 Å². The molecule has 0 fully saturated rings. The fourth-order valence-electron chi connectivity index (χ4n) is 2.38. The summed E-state index contributed by atoms with van der Waals surface area (Å²) in [6.45, 7) is 0. The van der Waals surface area contributed by atoms with Crippen molar-refractivity contribution in [2.24, 2.45) is 0 Å². The van der Waals surface area contributed by atoms with E-state index in [-0.39, 0.29) is 5.82 Å². The topological polar surface area (TPSA) is 46.0 Å². The lowest BCUT2D eigenvalue weighted by atomic mass is 10.0. The molecule has 3 aromatic heterocycles. The van der Waals surface area contributed by atoms with Crippen molar-refractivity contribution >= 4 is 32.5 Å². The highest BCUT2D eigenvalue weighted by atomic mass is 79.9. The average Bonchev–Trinajstić information content (AvgIpc) is 3.07. The highest BCUT2D eigenvalue weighted by Crippen LogP contribution is 2.36. The monoisotopic (exact) mass is 330 g/mol. The molecule has 0 amide bonds. The summed E-state index contributed by atoms with van der Waals surface area (Å²) < 4.78 is 16.3. The van der Waals surface area contributed by atoms with E-state index in [1.165, 1.54) is 6.07 Å². The molecule has 98 valence electrons. The van der Waals surface area contributed by atoms with Gasteiger partial charge in [-0.15, -0.1) is 0 Å². The van der Waals surface area contributed by atoms with E-state index in [1.54, 1.807) is 12.4 Å². The summed E-state index contributed by atoms with van der Waals surface area (Å²) in [4.78, 5) is 4.20. The summed E-state index contributed by atoms with van der Waals surface area (Å²) in [6, 6.07) is 5.26. The Morgan fingerprint density at radius 2 is 2.20 bits per heavy atom. The molecule has 0 aliphatic rings. The van der Waals surface area contributed by atoms with Crippen molar-refractivity contribution in [2.45, 2.75) is 0 Å². The first-order valence-corrected chi connectivity index (χ1v) is 6.77. The van der Waals surface area contributed by atoms with E-state index < -0.39 is 0 Å². The number of fused-ring (bicyclic) bond motifs is 2. The minimum absolute atomic E-state index is 0.317. The third-order valence-corrected chi connectivity index (χ3v) is 4.09. The minimum atomic E-state index is -0.317. The molecule has 20 heavy (non-hydrogen) atoms. The Bertz CT molecular complexity index is 941. The molecule has 0 bridgehead atoms. The zero-order valence-corrected chi connectivity index (χ0v) is 11.7. The molecule has 4 aromatic rings. The molecule has 0 radical (unpaired) electrons. The van der Waals surface area contributed by atoms with Crippen LogP contribution in [0.5, 0.6) is 0 Å². The van der Waals surface area contributed by atoms with Crippen molar-refractivity contribution < 1.29 is 4.39 Å². The molecule has 0 spiro atoms. The molecular formula is C14H8BrFN4. The average molecular weight is 331 g/mol. The summed E-state index contributed by atoms with van der Waals surface area (Å²) in [5, 5.41) is 7.66. The van der Waals surface area contributed by atoms with Gasteiger partial charge in [0.05, 0.1) is 16.2 Å². The molecule has 0 unspecified atom stereocenters. The third-order valence-electron chi connectivity index (χ3n) is 3.32. The van der Waals surface area contributed by atoms with Gasteiger partial charge in [0.2, 0.25) is 0 Å². The molecular weight excluding hydrogens is 323 g/mol. The van der Waals surface area contributed by atoms with Gasteiger partial charge in [-0.2, -0.15) is 5.10 Å². The van der Waals surface area contributed by atoms with Gasteiger partial charge in [0.25, 0.3) is 0 Å². The lowest BCUT2D eigenvalue weighted by molar-refractivity contribution is 0.623. The second-order valence-electron chi connectivity index (χ2n) is 4.49. The van der Waals surface area contributed by atoms with Crippen molar-refractivity contribution in [2.75, 3.05) is 0 Å². The van der Waals surface area contributed by atoms with Crippen LogP contribution in [0.1, 0.15) is 0 Å². The number of aromatic amines is 1. The van der Waals surface area contributed by atoms with Crippen LogP contribution in [-0.4, -0.2) is 19.6 Å². The van der Waals surface area contributed by atoms with Gasteiger partial charge in [-0.1, -0.05) is 0 Å². The van der Waals surface area contributed by atoms with Crippen molar-refractivity contribution in [1.82, 2.24) is 19.6 Å². The Morgan fingerprint density at radius 3 is 3.10 bits per heavy atom. The maximum atomic E-state index is 14.0. The van der Waals surface area contributed by atoms with Crippen LogP contribution < -0.4 is 0 Å². The number of halogens is 2. The second kappa shape index (κ2) is 4.14. The molecule has 0 aliphatic carbocycles. The van der Waals surface area contributed by atoms with Gasteiger partial charge in [0.15, 0.2) is 0 Å². The summed E-state index contributed by atoms with van der Waals surface area (Å²) in [7, 11) is 0. The van der Waals surface area contributed by atoms with Gasteiger partial charge in [-0.3, -0.25) is 5.10 Å². The number of aromatic nitrogens is 4. The fraction of sp³-hybridized carbons (Fsp3) is 0. The van der Waals surface area contributed by atoms with Gasteiger partial charge in [0.1, 0.15) is 11.5 Å². The maximum absolute atomic E-state index is 14.0. The lowest BCUT2D eigenvalue weighted by Gasteiger charge is -2.08. The van der Waals surface area contributed by atoms with E-state index in [1.807, 2.05) is 28.9 Å². The smallest absolute Gasteiger partial charge is 0.140 e. The molecule has 0 aliphatic heterocycles. The minimum Gasteiger partial charge on any atom is -0.306 e. The molecule has 6 heteroatoms. The normalized spacial score (nSPS) is 11.5.